The number of likely N-dealkylation sites (tertiary alicyclic amines) is 1. The summed E-state index contributed by atoms with van der Waals surface area (Å²) in [5, 5.41) is 3.46. The molecule has 2 amide bonds. The lowest BCUT2D eigenvalue weighted by molar-refractivity contribution is -0.137. The molecule has 0 spiro atoms. The quantitative estimate of drug-likeness (QED) is 0.827. The molecular weight excluding hydrogens is 372 g/mol. The second kappa shape index (κ2) is 7.35. The molecule has 3 N–H and O–H groups in total. The predicted molar refractivity (Wildman–Crippen MR) is 113 cm³/mol. The summed E-state index contributed by atoms with van der Waals surface area (Å²) in [5.41, 5.74) is 7.46. The van der Waals surface area contributed by atoms with E-state index in [1.807, 2.05) is 12.1 Å². The summed E-state index contributed by atoms with van der Waals surface area (Å²) in [6, 6.07) is 3.99. The van der Waals surface area contributed by atoms with Crippen LogP contribution in [0.15, 0.2) is 12.1 Å². The van der Waals surface area contributed by atoms with Gasteiger partial charge in [-0.25, -0.2) is 4.98 Å². The first kappa shape index (κ1) is 19.2. The van der Waals surface area contributed by atoms with Crippen molar-refractivity contribution in [2.24, 2.45) is 5.92 Å². The van der Waals surface area contributed by atoms with Gasteiger partial charge in [-0.2, -0.15) is 0 Å². The summed E-state index contributed by atoms with van der Waals surface area (Å²) in [5.74, 6) is 0.357. The van der Waals surface area contributed by atoms with Crippen molar-refractivity contribution in [2.75, 3.05) is 25.9 Å². The number of piperidine rings is 1. The first-order valence-electron chi connectivity index (χ1n) is 10.1. The molecule has 28 heavy (non-hydrogen) atoms. The number of amides is 2. The minimum absolute atomic E-state index is 0.174. The molecule has 1 saturated carbocycles. The van der Waals surface area contributed by atoms with Gasteiger partial charge in [0.25, 0.3) is 5.91 Å². The molecule has 2 aliphatic rings. The number of rotatable bonds is 3. The predicted octanol–water partition coefficient (Wildman–Crippen LogP) is 3.31. The SMILES string of the molecule is CNC(=O)c1sc2nc(C3(C)CCCN(C(=O)C4CCCC4)C3)ccc2c1N. The molecule has 2 aromatic rings. The normalized spacial score (nSPS) is 23.3. The number of nitrogens with zero attached hydrogens (tertiary/aromatic N) is 2. The van der Waals surface area contributed by atoms with Gasteiger partial charge in [-0.05, 0) is 37.8 Å². The summed E-state index contributed by atoms with van der Waals surface area (Å²) in [6.45, 7) is 3.76. The van der Waals surface area contributed by atoms with Crippen LogP contribution in [-0.2, 0) is 10.2 Å². The van der Waals surface area contributed by atoms with E-state index >= 15 is 0 Å². The number of nitrogen functional groups attached to an aromatic ring is 1. The summed E-state index contributed by atoms with van der Waals surface area (Å²) < 4.78 is 0. The number of fused-ring (bicyclic) bond motifs is 1. The van der Waals surface area contributed by atoms with Crippen molar-refractivity contribution in [2.45, 2.75) is 50.9 Å². The zero-order valence-corrected chi connectivity index (χ0v) is 17.4. The standard InChI is InChI=1S/C21H28N4O2S/c1-21(10-5-11-25(12-21)20(27)13-6-3-4-7-13)15-9-8-14-16(22)17(18(26)23-2)28-19(14)24-15/h8-9,13H,3-7,10-12,22H2,1-2H3,(H,23,26). The van der Waals surface area contributed by atoms with E-state index in [1.165, 1.54) is 24.2 Å². The third kappa shape index (κ3) is 3.26. The maximum atomic E-state index is 12.9. The average Bonchev–Trinajstić information content (AvgIpc) is 3.35. The monoisotopic (exact) mass is 400 g/mol. The van der Waals surface area contributed by atoms with Gasteiger partial charge in [0.2, 0.25) is 5.91 Å². The summed E-state index contributed by atoms with van der Waals surface area (Å²) in [4.78, 5) is 33.2. The molecule has 6 nitrogen and oxygen atoms in total. The molecule has 0 bridgehead atoms. The van der Waals surface area contributed by atoms with Crippen LogP contribution in [0.4, 0.5) is 5.69 Å². The van der Waals surface area contributed by atoms with Gasteiger partial charge in [0.05, 0.1) is 5.69 Å². The minimum atomic E-state index is -0.181. The van der Waals surface area contributed by atoms with Gasteiger partial charge < -0.3 is 16.0 Å². The van der Waals surface area contributed by atoms with E-state index in [1.54, 1.807) is 7.05 Å². The average molecular weight is 401 g/mol. The Balaban J connectivity index is 1.62. The van der Waals surface area contributed by atoms with Crippen molar-refractivity contribution in [3.63, 3.8) is 0 Å². The van der Waals surface area contributed by atoms with Crippen molar-refractivity contribution >= 4 is 39.1 Å². The Bertz CT molecular complexity index is 919. The fraction of sp³-hybridized carbons (Fsp3) is 0.571. The van der Waals surface area contributed by atoms with E-state index in [9.17, 15) is 9.59 Å². The van der Waals surface area contributed by atoms with E-state index in [0.29, 0.717) is 23.0 Å². The maximum Gasteiger partial charge on any atom is 0.263 e. The second-order valence-electron chi connectivity index (χ2n) is 8.38. The number of aromatic nitrogens is 1. The molecule has 1 aliphatic carbocycles. The maximum absolute atomic E-state index is 12.9. The Morgan fingerprint density at radius 1 is 1.29 bits per heavy atom. The van der Waals surface area contributed by atoms with Crippen LogP contribution in [0.1, 0.15) is 60.8 Å². The highest BCUT2D eigenvalue weighted by Crippen LogP contribution is 2.38. The topological polar surface area (TPSA) is 88.3 Å². The van der Waals surface area contributed by atoms with E-state index in [0.717, 1.165) is 48.1 Å². The van der Waals surface area contributed by atoms with Crippen LogP contribution in [0.2, 0.25) is 0 Å². The summed E-state index contributed by atoms with van der Waals surface area (Å²) in [6.07, 6.45) is 6.41. The zero-order valence-electron chi connectivity index (χ0n) is 16.6. The Kier molecular flexibility index (Phi) is 5.04. The van der Waals surface area contributed by atoms with Crippen LogP contribution in [0.5, 0.6) is 0 Å². The van der Waals surface area contributed by atoms with E-state index in [2.05, 4.69) is 17.1 Å². The molecule has 1 unspecified atom stereocenters. The van der Waals surface area contributed by atoms with Gasteiger partial charge in [0.15, 0.2) is 0 Å². The summed E-state index contributed by atoms with van der Waals surface area (Å²) in [7, 11) is 1.60. The highest BCUT2D eigenvalue weighted by atomic mass is 32.1. The van der Waals surface area contributed by atoms with Crippen LogP contribution in [-0.4, -0.2) is 41.8 Å². The first-order valence-corrected chi connectivity index (χ1v) is 10.9. The first-order chi connectivity index (χ1) is 13.4. The molecule has 4 rings (SSSR count). The largest absolute Gasteiger partial charge is 0.397 e. The molecular formula is C21H28N4O2S. The number of anilines is 1. The molecule has 2 fully saturated rings. The Morgan fingerprint density at radius 3 is 2.75 bits per heavy atom. The van der Waals surface area contributed by atoms with Gasteiger partial charge >= 0.3 is 0 Å². The van der Waals surface area contributed by atoms with Crippen LogP contribution >= 0.6 is 11.3 Å². The summed E-state index contributed by atoms with van der Waals surface area (Å²) >= 11 is 1.33. The van der Waals surface area contributed by atoms with Crippen LogP contribution < -0.4 is 11.1 Å². The van der Waals surface area contributed by atoms with Gasteiger partial charge in [-0.1, -0.05) is 19.8 Å². The molecule has 0 radical (unpaired) electrons. The smallest absolute Gasteiger partial charge is 0.263 e. The molecule has 1 saturated heterocycles. The van der Waals surface area contributed by atoms with Crippen LogP contribution in [0, 0.1) is 5.92 Å². The number of hydrogen-bond acceptors (Lipinski definition) is 5. The van der Waals surface area contributed by atoms with Crippen molar-refractivity contribution in [1.29, 1.82) is 0 Å². The number of nitrogens with two attached hydrogens (primary N) is 1. The van der Waals surface area contributed by atoms with E-state index in [4.69, 9.17) is 10.7 Å². The fourth-order valence-electron chi connectivity index (χ4n) is 4.68. The molecule has 0 aromatic carbocycles. The number of carbonyl (C=O) groups is 2. The highest BCUT2D eigenvalue weighted by Gasteiger charge is 2.38. The Morgan fingerprint density at radius 2 is 2.04 bits per heavy atom. The molecule has 150 valence electrons. The van der Waals surface area contributed by atoms with Crippen molar-refractivity contribution in [3.8, 4) is 0 Å². The number of hydrogen-bond donors (Lipinski definition) is 2. The van der Waals surface area contributed by atoms with E-state index in [-0.39, 0.29) is 17.2 Å². The number of thiophene rings is 1. The number of carbonyl (C=O) groups excluding carboxylic acids is 2. The van der Waals surface area contributed by atoms with Gasteiger partial charge in [-0.3, -0.25) is 9.59 Å². The highest BCUT2D eigenvalue weighted by molar-refractivity contribution is 7.21. The molecule has 1 aliphatic heterocycles. The molecule has 1 atom stereocenters. The third-order valence-electron chi connectivity index (χ3n) is 6.36. The van der Waals surface area contributed by atoms with Crippen LogP contribution in [0.3, 0.4) is 0 Å². The third-order valence-corrected chi connectivity index (χ3v) is 7.47. The second-order valence-corrected chi connectivity index (χ2v) is 9.38. The molecule has 3 heterocycles. The van der Waals surface area contributed by atoms with Crippen molar-refractivity contribution < 1.29 is 9.59 Å². The zero-order chi connectivity index (χ0) is 19.9. The lowest BCUT2D eigenvalue weighted by atomic mass is 9.78. The number of pyridine rings is 1. The minimum Gasteiger partial charge on any atom is -0.397 e. The van der Waals surface area contributed by atoms with Gasteiger partial charge in [0.1, 0.15) is 9.71 Å². The fourth-order valence-corrected chi connectivity index (χ4v) is 5.72. The Labute approximate surface area is 169 Å². The van der Waals surface area contributed by atoms with Gasteiger partial charge in [-0.15, -0.1) is 11.3 Å². The van der Waals surface area contributed by atoms with Gasteiger partial charge in [0, 0.05) is 42.6 Å². The lowest BCUT2D eigenvalue weighted by Crippen LogP contribution is -2.49. The molecule has 7 heteroatoms. The number of nitrogens with one attached hydrogen (secondary N) is 1. The van der Waals surface area contributed by atoms with E-state index < -0.39 is 0 Å². The lowest BCUT2D eigenvalue weighted by Gasteiger charge is -2.41. The Hall–Kier alpha value is -2.15. The van der Waals surface area contributed by atoms with Crippen molar-refractivity contribution in [1.82, 2.24) is 15.2 Å². The molecule has 2 aromatic heterocycles. The van der Waals surface area contributed by atoms with Crippen molar-refractivity contribution in [3.05, 3.63) is 22.7 Å². The van der Waals surface area contributed by atoms with Crippen LogP contribution in [0.25, 0.3) is 10.2 Å².